The molecule has 1 unspecified atom stereocenters. The highest BCUT2D eigenvalue weighted by Gasteiger charge is 2.31. The summed E-state index contributed by atoms with van der Waals surface area (Å²) in [6, 6.07) is 13.9. The van der Waals surface area contributed by atoms with Crippen molar-refractivity contribution < 1.29 is 13.2 Å². The molecule has 2 aromatic rings. The molecule has 1 aliphatic rings. The minimum atomic E-state index is -3.53. The van der Waals surface area contributed by atoms with Crippen LogP contribution in [0.1, 0.15) is 18.9 Å². The highest BCUT2D eigenvalue weighted by Crippen LogP contribution is 2.32. The first kappa shape index (κ1) is 17.0. The molecule has 0 radical (unpaired) electrons. The van der Waals surface area contributed by atoms with Crippen LogP contribution in [0.4, 0.5) is 5.69 Å². The lowest BCUT2D eigenvalue weighted by Gasteiger charge is -2.22. The minimum Gasteiger partial charge on any atom is -0.309 e. The van der Waals surface area contributed by atoms with Crippen molar-refractivity contribution in [2.24, 2.45) is 0 Å². The number of amides is 1. The number of sulfone groups is 1. The van der Waals surface area contributed by atoms with Crippen molar-refractivity contribution >= 4 is 33.0 Å². The van der Waals surface area contributed by atoms with E-state index in [2.05, 4.69) is 0 Å². The molecule has 0 saturated heterocycles. The Balaban J connectivity index is 1.74. The van der Waals surface area contributed by atoms with Gasteiger partial charge in [-0.1, -0.05) is 35.9 Å². The molecule has 1 heterocycles. The van der Waals surface area contributed by atoms with Crippen LogP contribution < -0.4 is 4.90 Å². The maximum atomic E-state index is 12.6. The summed E-state index contributed by atoms with van der Waals surface area (Å²) in [5.74, 6) is -0.393. The van der Waals surface area contributed by atoms with Crippen LogP contribution in [-0.2, 0) is 21.1 Å². The van der Waals surface area contributed by atoms with Crippen molar-refractivity contribution in [3.63, 3.8) is 0 Å². The molecule has 1 amide bonds. The first-order valence-electron chi connectivity index (χ1n) is 7.77. The van der Waals surface area contributed by atoms with Crippen molar-refractivity contribution in [2.45, 2.75) is 30.7 Å². The fraction of sp³-hybridized carbons (Fsp3) is 0.278. The van der Waals surface area contributed by atoms with E-state index in [1.165, 1.54) is 12.1 Å². The Bertz CT molecular complexity index is 879. The lowest BCUT2D eigenvalue weighted by atomic mass is 10.1. The first-order chi connectivity index (χ1) is 11.4. The second-order valence-electron chi connectivity index (χ2n) is 5.97. The SMILES string of the molecule is CC1Cc2ccccc2N1C(=O)CCS(=O)(=O)c1cccc(Cl)c1. The van der Waals surface area contributed by atoms with Crippen LogP contribution in [0.2, 0.25) is 5.02 Å². The molecule has 0 N–H and O–H groups in total. The number of hydrogen-bond donors (Lipinski definition) is 0. The highest BCUT2D eigenvalue weighted by atomic mass is 35.5. The van der Waals surface area contributed by atoms with Gasteiger partial charge in [0.2, 0.25) is 5.91 Å². The van der Waals surface area contributed by atoms with Crippen LogP contribution >= 0.6 is 11.6 Å². The summed E-state index contributed by atoms with van der Waals surface area (Å²) in [5.41, 5.74) is 2.01. The smallest absolute Gasteiger partial charge is 0.228 e. The monoisotopic (exact) mass is 363 g/mol. The number of carbonyl (C=O) groups excluding carboxylic acids is 1. The van der Waals surface area contributed by atoms with Gasteiger partial charge in [0.1, 0.15) is 0 Å². The van der Waals surface area contributed by atoms with E-state index in [0.717, 1.165) is 17.7 Å². The number of carbonyl (C=O) groups is 1. The van der Waals surface area contributed by atoms with Gasteiger partial charge in [-0.05, 0) is 43.2 Å². The number of fused-ring (bicyclic) bond motifs is 1. The maximum absolute atomic E-state index is 12.6. The van der Waals surface area contributed by atoms with Crippen LogP contribution in [0.25, 0.3) is 0 Å². The summed E-state index contributed by atoms with van der Waals surface area (Å²) in [7, 11) is -3.53. The van der Waals surface area contributed by atoms with Gasteiger partial charge in [0.05, 0.1) is 10.6 Å². The zero-order valence-corrected chi connectivity index (χ0v) is 14.8. The van der Waals surface area contributed by atoms with Gasteiger partial charge in [-0.25, -0.2) is 8.42 Å². The normalized spacial score (nSPS) is 16.9. The molecule has 0 bridgehead atoms. The van der Waals surface area contributed by atoms with Crippen LogP contribution in [0.5, 0.6) is 0 Å². The van der Waals surface area contributed by atoms with Gasteiger partial charge in [-0.15, -0.1) is 0 Å². The number of nitrogens with zero attached hydrogens (tertiary/aromatic N) is 1. The number of anilines is 1. The molecule has 24 heavy (non-hydrogen) atoms. The number of halogens is 1. The third-order valence-corrected chi connectivity index (χ3v) is 6.16. The molecule has 0 spiro atoms. The van der Waals surface area contributed by atoms with E-state index in [4.69, 9.17) is 11.6 Å². The molecule has 4 nitrogen and oxygen atoms in total. The Morgan fingerprint density at radius 2 is 1.96 bits per heavy atom. The minimum absolute atomic E-state index is 0.0452. The van der Waals surface area contributed by atoms with E-state index in [0.29, 0.717) is 5.02 Å². The summed E-state index contributed by atoms with van der Waals surface area (Å²) < 4.78 is 24.8. The lowest BCUT2D eigenvalue weighted by Crippen LogP contribution is -2.36. The molecule has 1 atom stereocenters. The molecule has 3 rings (SSSR count). The van der Waals surface area contributed by atoms with Crippen molar-refractivity contribution in [3.8, 4) is 0 Å². The fourth-order valence-corrected chi connectivity index (χ4v) is 4.59. The summed E-state index contributed by atoms with van der Waals surface area (Å²) in [4.78, 5) is 14.5. The molecular formula is C18H18ClNO3S. The molecular weight excluding hydrogens is 346 g/mol. The van der Waals surface area contributed by atoms with E-state index in [1.807, 2.05) is 31.2 Å². The predicted octanol–water partition coefficient (Wildman–Crippen LogP) is 3.48. The van der Waals surface area contributed by atoms with Crippen molar-refractivity contribution in [1.82, 2.24) is 0 Å². The van der Waals surface area contributed by atoms with Gasteiger partial charge in [-0.2, -0.15) is 0 Å². The van der Waals surface area contributed by atoms with Gasteiger partial charge < -0.3 is 4.90 Å². The van der Waals surface area contributed by atoms with E-state index < -0.39 is 9.84 Å². The third-order valence-electron chi connectivity index (χ3n) is 4.22. The Morgan fingerprint density at radius 1 is 1.21 bits per heavy atom. The molecule has 6 heteroatoms. The molecule has 0 aromatic heterocycles. The zero-order valence-electron chi connectivity index (χ0n) is 13.3. The van der Waals surface area contributed by atoms with E-state index >= 15 is 0 Å². The molecule has 1 aliphatic heterocycles. The van der Waals surface area contributed by atoms with Crippen LogP contribution in [-0.4, -0.2) is 26.1 Å². The van der Waals surface area contributed by atoms with Gasteiger partial charge in [-0.3, -0.25) is 4.79 Å². The highest BCUT2D eigenvalue weighted by molar-refractivity contribution is 7.91. The number of benzene rings is 2. The Labute approximate surface area is 147 Å². The second-order valence-corrected chi connectivity index (χ2v) is 8.52. The van der Waals surface area contributed by atoms with Crippen LogP contribution in [0.15, 0.2) is 53.4 Å². The zero-order chi connectivity index (χ0) is 17.3. The molecule has 0 aliphatic carbocycles. The number of hydrogen-bond acceptors (Lipinski definition) is 3. The Kier molecular flexibility index (Phi) is 4.65. The summed E-state index contributed by atoms with van der Waals surface area (Å²) >= 11 is 5.85. The van der Waals surface area contributed by atoms with E-state index in [1.54, 1.807) is 17.0 Å². The van der Waals surface area contributed by atoms with E-state index in [9.17, 15) is 13.2 Å². The van der Waals surface area contributed by atoms with Gasteiger partial charge in [0, 0.05) is 23.2 Å². The first-order valence-corrected chi connectivity index (χ1v) is 9.80. The largest absolute Gasteiger partial charge is 0.309 e. The van der Waals surface area contributed by atoms with Crippen molar-refractivity contribution in [1.29, 1.82) is 0 Å². The van der Waals surface area contributed by atoms with Crippen molar-refractivity contribution in [3.05, 3.63) is 59.1 Å². The third kappa shape index (κ3) is 3.32. The second kappa shape index (κ2) is 6.57. The lowest BCUT2D eigenvalue weighted by molar-refractivity contribution is -0.118. The van der Waals surface area contributed by atoms with Crippen LogP contribution in [0, 0.1) is 0 Å². The molecule has 126 valence electrons. The average Bonchev–Trinajstić information content (AvgIpc) is 2.88. The van der Waals surface area contributed by atoms with Gasteiger partial charge in [0.15, 0.2) is 9.84 Å². The summed E-state index contributed by atoms with van der Waals surface area (Å²) in [6.45, 7) is 1.98. The standard InChI is InChI=1S/C18H18ClNO3S/c1-13-11-14-5-2-3-8-17(14)20(13)18(21)9-10-24(22,23)16-7-4-6-15(19)12-16/h2-8,12-13H,9-11H2,1H3. The molecule has 0 fully saturated rings. The van der Waals surface area contributed by atoms with E-state index in [-0.39, 0.29) is 29.0 Å². The molecule has 0 saturated carbocycles. The summed E-state index contributed by atoms with van der Waals surface area (Å²) in [6.07, 6.45) is 0.747. The maximum Gasteiger partial charge on any atom is 0.228 e. The topological polar surface area (TPSA) is 54.5 Å². The molecule has 2 aromatic carbocycles. The fourth-order valence-electron chi connectivity index (χ4n) is 3.07. The predicted molar refractivity (Wildman–Crippen MR) is 95.2 cm³/mol. The Morgan fingerprint density at radius 3 is 2.71 bits per heavy atom. The van der Waals surface area contributed by atoms with Crippen molar-refractivity contribution in [2.75, 3.05) is 10.7 Å². The van der Waals surface area contributed by atoms with Gasteiger partial charge in [0.25, 0.3) is 0 Å². The van der Waals surface area contributed by atoms with Crippen LogP contribution in [0.3, 0.4) is 0 Å². The van der Waals surface area contributed by atoms with Gasteiger partial charge >= 0.3 is 0 Å². The number of rotatable bonds is 4. The Hall–Kier alpha value is -1.85. The quantitative estimate of drug-likeness (QED) is 0.835. The summed E-state index contributed by atoms with van der Waals surface area (Å²) in [5, 5.41) is 0.365. The number of para-hydroxylation sites is 1. The average molecular weight is 364 g/mol.